The zero-order valence-corrected chi connectivity index (χ0v) is 14.1. The van der Waals surface area contributed by atoms with Gasteiger partial charge in [0, 0.05) is 12.4 Å². The second-order valence-corrected chi connectivity index (χ2v) is 4.88. The second kappa shape index (κ2) is 10.4. The van der Waals surface area contributed by atoms with Crippen molar-refractivity contribution in [2.75, 3.05) is 13.7 Å². The molecule has 1 rings (SSSR count). The van der Waals surface area contributed by atoms with E-state index in [1.807, 2.05) is 6.07 Å². The first kappa shape index (κ1) is 20.6. The molecule has 0 fully saturated rings. The van der Waals surface area contributed by atoms with E-state index in [1.54, 1.807) is 24.3 Å². The van der Waals surface area contributed by atoms with E-state index in [2.05, 4.69) is 26.9 Å². The molecule has 1 aromatic rings. The number of nitrogens with one attached hydrogen (secondary N) is 2. The number of nitrogens with two attached hydrogens (primary N) is 1. The molecule has 9 nitrogen and oxygen atoms in total. The molecule has 138 valence electrons. The van der Waals surface area contributed by atoms with Crippen molar-refractivity contribution in [2.45, 2.75) is 6.04 Å². The summed E-state index contributed by atoms with van der Waals surface area (Å²) >= 11 is 0. The number of esters is 1. The Kier molecular flexibility index (Phi) is 8.24. The molecule has 0 bridgehead atoms. The Morgan fingerprint density at radius 1 is 1.35 bits per heavy atom. The minimum atomic E-state index is -1.33. The molecular formula is C17H20N4O5. The number of aliphatic imine (C=N–C) groups is 1. The van der Waals surface area contributed by atoms with Gasteiger partial charge in [-0.25, -0.2) is 4.79 Å². The van der Waals surface area contributed by atoms with Crippen LogP contribution in [0.25, 0.3) is 0 Å². The van der Waals surface area contributed by atoms with Gasteiger partial charge in [0.15, 0.2) is 0 Å². The number of ether oxygens (including phenoxy) is 1. The fourth-order valence-corrected chi connectivity index (χ4v) is 1.68. The molecule has 0 unspecified atom stereocenters. The number of carbonyl (C=O) groups is 3. The van der Waals surface area contributed by atoms with E-state index in [-0.39, 0.29) is 11.3 Å². The van der Waals surface area contributed by atoms with E-state index >= 15 is 0 Å². The van der Waals surface area contributed by atoms with E-state index in [1.165, 1.54) is 6.21 Å². The lowest BCUT2D eigenvalue weighted by Crippen LogP contribution is -2.49. The maximum Gasteiger partial charge on any atom is 0.353 e. The average Bonchev–Trinajstić information content (AvgIpc) is 2.66. The zero-order valence-electron chi connectivity index (χ0n) is 14.1. The van der Waals surface area contributed by atoms with Gasteiger partial charge in [0.05, 0.1) is 25.0 Å². The van der Waals surface area contributed by atoms with Crippen molar-refractivity contribution >= 4 is 29.7 Å². The minimum absolute atomic E-state index is 0.0214. The lowest BCUT2D eigenvalue weighted by molar-refractivity contribution is -0.138. The number of amides is 2. The third kappa shape index (κ3) is 6.21. The van der Waals surface area contributed by atoms with Crippen LogP contribution in [0.4, 0.5) is 5.69 Å². The minimum Gasteiger partial charge on any atom is -0.464 e. The lowest BCUT2D eigenvalue weighted by atomic mass is 10.2. The van der Waals surface area contributed by atoms with Crippen molar-refractivity contribution in [3.8, 4) is 0 Å². The van der Waals surface area contributed by atoms with Gasteiger partial charge in [0.25, 0.3) is 5.91 Å². The molecule has 26 heavy (non-hydrogen) atoms. The largest absolute Gasteiger partial charge is 0.464 e. The van der Waals surface area contributed by atoms with Crippen molar-refractivity contribution < 1.29 is 24.2 Å². The number of methoxy groups -OCH3 is 1. The maximum atomic E-state index is 12.2. The van der Waals surface area contributed by atoms with Crippen molar-refractivity contribution in [1.29, 1.82) is 0 Å². The van der Waals surface area contributed by atoms with Crippen LogP contribution < -0.4 is 16.4 Å². The van der Waals surface area contributed by atoms with Gasteiger partial charge in [-0.3, -0.25) is 14.6 Å². The molecule has 9 heteroatoms. The first-order valence-corrected chi connectivity index (χ1v) is 7.43. The van der Waals surface area contributed by atoms with Crippen LogP contribution in [0.5, 0.6) is 0 Å². The number of nitrogens with zero attached hydrogens (tertiary/aromatic N) is 1. The molecule has 5 N–H and O–H groups in total. The molecule has 0 radical (unpaired) electrons. The smallest absolute Gasteiger partial charge is 0.353 e. The van der Waals surface area contributed by atoms with Gasteiger partial charge in [-0.1, -0.05) is 24.8 Å². The van der Waals surface area contributed by atoms with E-state index in [9.17, 15) is 19.5 Å². The Balaban J connectivity index is 2.74. The summed E-state index contributed by atoms with van der Waals surface area (Å²) in [6.07, 6.45) is 2.24. The number of para-hydroxylation sites is 1. The van der Waals surface area contributed by atoms with Crippen LogP contribution in [-0.2, 0) is 19.1 Å². The molecule has 0 aromatic heterocycles. The zero-order chi connectivity index (χ0) is 19.5. The average molecular weight is 360 g/mol. The number of aliphatic hydroxyl groups excluding tert-OH is 1. The molecule has 1 atom stereocenters. The Bertz CT molecular complexity index is 728. The highest BCUT2D eigenvalue weighted by molar-refractivity contribution is 6.13. The van der Waals surface area contributed by atoms with Gasteiger partial charge in [0.1, 0.15) is 11.7 Å². The van der Waals surface area contributed by atoms with Crippen molar-refractivity contribution in [3.63, 3.8) is 0 Å². The van der Waals surface area contributed by atoms with Gasteiger partial charge in [-0.2, -0.15) is 0 Å². The number of aliphatic hydroxyl groups is 1. The van der Waals surface area contributed by atoms with E-state index in [4.69, 9.17) is 5.73 Å². The van der Waals surface area contributed by atoms with Crippen LogP contribution in [0.2, 0.25) is 0 Å². The molecule has 0 aliphatic rings. The second-order valence-electron chi connectivity index (χ2n) is 4.88. The van der Waals surface area contributed by atoms with Crippen molar-refractivity contribution in [3.05, 3.63) is 54.4 Å². The van der Waals surface area contributed by atoms with Crippen LogP contribution in [0.3, 0.4) is 0 Å². The molecule has 0 heterocycles. The van der Waals surface area contributed by atoms with Crippen molar-refractivity contribution in [1.82, 2.24) is 10.6 Å². The summed E-state index contributed by atoms with van der Waals surface area (Å²) in [4.78, 5) is 39.5. The molecule has 0 aliphatic carbocycles. The normalized spacial score (nSPS) is 12.3. The fourth-order valence-electron chi connectivity index (χ4n) is 1.68. The predicted molar refractivity (Wildman–Crippen MR) is 95.2 cm³/mol. The van der Waals surface area contributed by atoms with Gasteiger partial charge in [0.2, 0.25) is 5.91 Å². The Labute approximate surface area is 150 Å². The molecule has 0 aliphatic heterocycles. The Hall–Kier alpha value is -3.46. The van der Waals surface area contributed by atoms with Crippen molar-refractivity contribution in [2.24, 2.45) is 10.7 Å². The lowest BCUT2D eigenvalue weighted by Gasteiger charge is -2.16. The predicted octanol–water partition coefficient (Wildman–Crippen LogP) is -0.488. The number of benzene rings is 1. The van der Waals surface area contributed by atoms with Crippen LogP contribution in [0, 0.1) is 0 Å². The summed E-state index contributed by atoms with van der Waals surface area (Å²) in [5.41, 5.74) is 5.67. The van der Waals surface area contributed by atoms with Crippen LogP contribution >= 0.6 is 0 Å². The van der Waals surface area contributed by atoms with Gasteiger partial charge >= 0.3 is 5.97 Å². The number of carbonyl (C=O) groups excluding carboxylic acids is 3. The Morgan fingerprint density at radius 2 is 2.00 bits per heavy atom. The van der Waals surface area contributed by atoms with E-state index in [0.717, 1.165) is 13.3 Å². The summed E-state index contributed by atoms with van der Waals surface area (Å²) < 4.78 is 4.39. The van der Waals surface area contributed by atoms with Gasteiger partial charge in [-0.05, 0) is 12.1 Å². The Morgan fingerprint density at radius 3 is 2.54 bits per heavy atom. The first-order chi connectivity index (χ1) is 12.4. The third-order valence-corrected chi connectivity index (χ3v) is 3.06. The van der Waals surface area contributed by atoms with E-state index in [0.29, 0.717) is 5.69 Å². The van der Waals surface area contributed by atoms with Gasteiger partial charge in [-0.15, -0.1) is 0 Å². The van der Waals surface area contributed by atoms with Crippen LogP contribution in [-0.4, -0.2) is 48.9 Å². The standard InChI is InChI=1S/C17H20N4O5/c1-11(17(25)26-2)20-16(24)14(10-22)21-15(23)12(8-18)9-19-13-6-4-3-5-7-13/h3-9,14,22H,1,10,18H2,2H3,(H,20,24)(H,21,23)/b12-8+,19-9?/t14-/m0/s1. The monoisotopic (exact) mass is 360 g/mol. The maximum absolute atomic E-state index is 12.2. The molecular weight excluding hydrogens is 340 g/mol. The molecule has 0 saturated carbocycles. The molecule has 0 spiro atoms. The molecule has 0 saturated heterocycles. The SMILES string of the molecule is C=C(NC(=O)[C@H](CO)NC(=O)/C(C=Nc1ccccc1)=C/N)C(=O)OC. The molecule has 1 aromatic carbocycles. The highest BCUT2D eigenvalue weighted by Gasteiger charge is 2.23. The molecule has 2 amide bonds. The number of hydrogen-bond donors (Lipinski definition) is 4. The first-order valence-electron chi connectivity index (χ1n) is 7.43. The summed E-state index contributed by atoms with van der Waals surface area (Å²) in [5, 5.41) is 13.7. The quantitative estimate of drug-likeness (QED) is 0.280. The topological polar surface area (TPSA) is 143 Å². The van der Waals surface area contributed by atoms with Gasteiger partial charge < -0.3 is 26.2 Å². The third-order valence-electron chi connectivity index (χ3n) is 3.06. The summed E-state index contributed by atoms with van der Waals surface area (Å²) in [7, 11) is 1.12. The number of rotatable bonds is 8. The summed E-state index contributed by atoms with van der Waals surface area (Å²) in [6.45, 7) is 2.61. The fraction of sp³-hybridized carbons (Fsp3) is 0.176. The summed E-state index contributed by atoms with van der Waals surface area (Å²) in [5.74, 6) is -2.42. The van der Waals surface area contributed by atoms with Crippen LogP contribution in [0.15, 0.2) is 59.4 Å². The van der Waals surface area contributed by atoms with Crippen LogP contribution in [0.1, 0.15) is 0 Å². The highest BCUT2D eigenvalue weighted by Crippen LogP contribution is 2.09. The summed E-state index contributed by atoms with van der Waals surface area (Å²) in [6, 6.07) is 7.50. The van der Waals surface area contributed by atoms with E-state index < -0.39 is 30.4 Å². The number of hydrogen-bond acceptors (Lipinski definition) is 7. The highest BCUT2D eigenvalue weighted by atomic mass is 16.5.